The summed E-state index contributed by atoms with van der Waals surface area (Å²) < 4.78 is 35.9. The van der Waals surface area contributed by atoms with E-state index in [0.29, 0.717) is 6.54 Å². The summed E-state index contributed by atoms with van der Waals surface area (Å²) in [6.07, 6.45) is -1.99. The Bertz CT molecular complexity index is 244. The minimum absolute atomic E-state index is 0.0703. The van der Waals surface area contributed by atoms with Gasteiger partial charge in [-0.3, -0.25) is 4.79 Å². The zero-order valence-corrected chi connectivity index (χ0v) is 7.02. The predicted octanol–water partition coefficient (Wildman–Crippen LogP) is 1.56. The van der Waals surface area contributed by atoms with Gasteiger partial charge in [-0.2, -0.15) is 13.2 Å². The van der Waals surface area contributed by atoms with Crippen LogP contribution < -0.4 is 0 Å². The van der Waals surface area contributed by atoms with Crippen molar-refractivity contribution in [2.24, 2.45) is 5.41 Å². The van der Waals surface area contributed by atoms with Crippen molar-refractivity contribution in [2.45, 2.75) is 25.4 Å². The lowest BCUT2D eigenvalue weighted by atomic mass is 10.1. The number of hydrogen-bond acceptors (Lipinski definition) is 1. The molecule has 1 aliphatic carbocycles. The summed E-state index contributed by atoms with van der Waals surface area (Å²) in [6.45, 7) is 0.587. The van der Waals surface area contributed by atoms with E-state index in [0.717, 1.165) is 24.2 Å². The zero-order valence-electron chi connectivity index (χ0n) is 7.02. The highest BCUT2D eigenvalue weighted by molar-refractivity contribution is 5.82. The Hall–Kier alpha value is -0.740. The van der Waals surface area contributed by atoms with E-state index in [2.05, 4.69) is 0 Å². The number of amides is 1. The summed E-state index contributed by atoms with van der Waals surface area (Å²) in [6, 6.07) is 0. The van der Waals surface area contributed by atoms with Gasteiger partial charge >= 0.3 is 12.1 Å². The molecule has 13 heavy (non-hydrogen) atoms. The quantitative estimate of drug-likeness (QED) is 0.571. The number of nitrogens with zero attached hydrogens (tertiary/aromatic N) is 1. The van der Waals surface area contributed by atoms with E-state index in [4.69, 9.17) is 0 Å². The van der Waals surface area contributed by atoms with E-state index in [1.165, 1.54) is 0 Å². The van der Waals surface area contributed by atoms with E-state index in [1.54, 1.807) is 0 Å². The average molecular weight is 193 g/mol. The number of halogens is 3. The fourth-order valence-electron chi connectivity index (χ4n) is 1.87. The van der Waals surface area contributed by atoms with Gasteiger partial charge in [0.15, 0.2) is 0 Å². The lowest BCUT2D eigenvalue weighted by Gasteiger charge is -2.17. The Morgan fingerprint density at radius 2 is 1.85 bits per heavy atom. The molecule has 0 aromatic heterocycles. The summed E-state index contributed by atoms with van der Waals surface area (Å²) in [7, 11) is 0. The average Bonchev–Trinajstić information content (AvgIpc) is 2.59. The molecule has 5 heteroatoms. The Balaban J connectivity index is 1.99. The van der Waals surface area contributed by atoms with E-state index < -0.39 is 12.1 Å². The maximum Gasteiger partial charge on any atom is 0.471 e. The van der Waals surface area contributed by atoms with E-state index in [9.17, 15) is 18.0 Å². The maximum absolute atomic E-state index is 12.0. The van der Waals surface area contributed by atoms with Crippen LogP contribution >= 0.6 is 0 Å². The summed E-state index contributed by atoms with van der Waals surface area (Å²) in [4.78, 5) is 11.7. The third kappa shape index (κ3) is 1.51. The van der Waals surface area contributed by atoms with Crippen LogP contribution in [0.4, 0.5) is 13.2 Å². The van der Waals surface area contributed by atoms with E-state index in [-0.39, 0.29) is 12.0 Å². The number of alkyl halides is 3. The van der Waals surface area contributed by atoms with Crippen LogP contribution in [-0.4, -0.2) is 30.1 Å². The number of likely N-dealkylation sites (tertiary alicyclic amines) is 1. The van der Waals surface area contributed by atoms with Crippen LogP contribution in [0.25, 0.3) is 0 Å². The molecule has 0 atom stereocenters. The largest absolute Gasteiger partial charge is 0.471 e. The van der Waals surface area contributed by atoms with Gasteiger partial charge in [0.1, 0.15) is 0 Å². The molecule has 2 fully saturated rings. The Morgan fingerprint density at radius 1 is 1.23 bits per heavy atom. The first kappa shape index (κ1) is 8.84. The van der Waals surface area contributed by atoms with Gasteiger partial charge in [-0.15, -0.1) is 0 Å². The highest BCUT2D eigenvalue weighted by atomic mass is 19.4. The van der Waals surface area contributed by atoms with E-state index in [1.807, 2.05) is 0 Å². The summed E-state index contributed by atoms with van der Waals surface area (Å²) in [5.74, 6) is -1.67. The molecule has 0 unspecified atom stereocenters. The van der Waals surface area contributed by atoms with Gasteiger partial charge in [0.05, 0.1) is 0 Å². The normalized spacial score (nSPS) is 25.3. The smallest absolute Gasteiger partial charge is 0.334 e. The van der Waals surface area contributed by atoms with Crippen molar-refractivity contribution in [3.63, 3.8) is 0 Å². The highest BCUT2D eigenvalue weighted by Crippen LogP contribution is 2.52. The predicted molar refractivity (Wildman–Crippen MR) is 38.9 cm³/mol. The van der Waals surface area contributed by atoms with Gasteiger partial charge in [-0.05, 0) is 24.7 Å². The van der Waals surface area contributed by atoms with Gasteiger partial charge in [0, 0.05) is 13.1 Å². The van der Waals surface area contributed by atoms with Crippen LogP contribution in [-0.2, 0) is 4.79 Å². The first-order valence-electron chi connectivity index (χ1n) is 4.29. The van der Waals surface area contributed by atoms with Crippen molar-refractivity contribution >= 4 is 5.91 Å². The van der Waals surface area contributed by atoms with Crippen molar-refractivity contribution in [3.8, 4) is 0 Å². The molecule has 1 aliphatic heterocycles. The maximum atomic E-state index is 12.0. The molecule has 0 aromatic rings. The molecule has 0 bridgehead atoms. The molecule has 1 saturated carbocycles. The van der Waals surface area contributed by atoms with Crippen LogP contribution in [0.15, 0.2) is 0 Å². The van der Waals surface area contributed by atoms with Crippen LogP contribution in [0.3, 0.4) is 0 Å². The molecule has 1 amide bonds. The lowest BCUT2D eigenvalue weighted by Crippen LogP contribution is -2.39. The molecule has 2 nitrogen and oxygen atoms in total. The molecule has 74 valence electrons. The Labute approximate surface area is 73.7 Å². The molecule has 2 aliphatic rings. The third-order valence-corrected chi connectivity index (χ3v) is 2.93. The number of hydrogen-bond donors (Lipinski definition) is 0. The minimum Gasteiger partial charge on any atom is -0.334 e. The fourth-order valence-corrected chi connectivity index (χ4v) is 1.87. The third-order valence-electron chi connectivity index (χ3n) is 2.93. The molecule has 0 aromatic carbocycles. The Morgan fingerprint density at radius 3 is 2.23 bits per heavy atom. The first-order valence-corrected chi connectivity index (χ1v) is 4.29. The molecule has 1 heterocycles. The lowest BCUT2D eigenvalue weighted by molar-refractivity contribution is -0.184. The zero-order chi connectivity index (χ0) is 9.69. The summed E-state index contributed by atoms with van der Waals surface area (Å²) in [5.41, 5.74) is 0.0703. The van der Waals surface area contributed by atoms with Gasteiger partial charge in [0.25, 0.3) is 0 Å². The molecule has 1 spiro atoms. The monoisotopic (exact) mass is 193 g/mol. The standard InChI is InChI=1S/C8H10F3NO/c9-8(10,11)6(13)12-4-3-7(5-12)1-2-7/h1-5H2. The highest BCUT2D eigenvalue weighted by Gasteiger charge is 2.53. The van der Waals surface area contributed by atoms with Crippen molar-refractivity contribution in [2.75, 3.05) is 13.1 Å². The van der Waals surface area contributed by atoms with Crippen LogP contribution in [0.1, 0.15) is 19.3 Å². The SMILES string of the molecule is O=C(N1CCC2(CC2)C1)C(F)(F)F. The van der Waals surface area contributed by atoms with Crippen LogP contribution in [0.2, 0.25) is 0 Å². The summed E-state index contributed by atoms with van der Waals surface area (Å²) in [5, 5.41) is 0. The van der Waals surface area contributed by atoms with Crippen molar-refractivity contribution < 1.29 is 18.0 Å². The molecular weight excluding hydrogens is 183 g/mol. The fraction of sp³-hybridized carbons (Fsp3) is 0.875. The van der Waals surface area contributed by atoms with E-state index >= 15 is 0 Å². The molecule has 1 saturated heterocycles. The van der Waals surface area contributed by atoms with Gasteiger partial charge < -0.3 is 4.90 Å². The number of rotatable bonds is 0. The van der Waals surface area contributed by atoms with Crippen molar-refractivity contribution in [1.82, 2.24) is 4.90 Å². The summed E-state index contributed by atoms with van der Waals surface area (Å²) >= 11 is 0. The molecule has 0 N–H and O–H groups in total. The van der Waals surface area contributed by atoms with Crippen molar-refractivity contribution in [3.05, 3.63) is 0 Å². The van der Waals surface area contributed by atoms with Crippen LogP contribution in [0, 0.1) is 5.41 Å². The Kier molecular flexibility index (Phi) is 1.63. The molecular formula is C8H10F3NO. The second-order valence-corrected chi connectivity index (χ2v) is 3.97. The van der Waals surface area contributed by atoms with Gasteiger partial charge in [-0.25, -0.2) is 0 Å². The minimum atomic E-state index is -4.69. The number of carbonyl (C=O) groups is 1. The van der Waals surface area contributed by atoms with Crippen molar-refractivity contribution in [1.29, 1.82) is 0 Å². The topological polar surface area (TPSA) is 20.3 Å². The van der Waals surface area contributed by atoms with Gasteiger partial charge in [0.2, 0.25) is 0 Å². The first-order chi connectivity index (χ1) is 5.93. The number of carbonyl (C=O) groups excluding carboxylic acids is 1. The van der Waals surface area contributed by atoms with Gasteiger partial charge in [-0.1, -0.05) is 0 Å². The second kappa shape index (κ2) is 2.39. The molecule has 2 rings (SSSR count). The van der Waals surface area contributed by atoms with Crippen LogP contribution in [0.5, 0.6) is 0 Å². The second-order valence-electron chi connectivity index (χ2n) is 3.97. The molecule has 0 radical (unpaired) electrons.